The summed E-state index contributed by atoms with van der Waals surface area (Å²) in [5.74, 6) is 1.15. The topological polar surface area (TPSA) is 79.9 Å². The number of nitrogens with one attached hydrogen (secondary N) is 2. The normalized spacial score (nSPS) is 17.5. The highest BCUT2D eigenvalue weighted by molar-refractivity contribution is 5.87. The number of carbonyl (C=O) groups is 2. The zero-order chi connectivity index (χ0) is 17.5. The summed E-state index contributed by atoms with van der Waals surface area (Å²) in [7, 11) is 4.85. The van der Waals surface area contributed by atoms with E-state index in [0.717, 1.165) is 18.4 Å². The standard InChI is InChI=1S/C17H25N3O4/c1-20(11-12-7-8-14(23-2)15(10-12)24-3)17(22)19-13-6-4-5-9-18-16(13)21/h7-8,10,13H,4-6,9,11H2,1-3H3,(H,18,21)(H,19,22)/t13-/m0/s1. The predicted octanol–water partition coefficient (Wildman–Crippen LogP) is 1.51. The number of carbonyl (C=O) groups excluding carboxylic acids is 2. The van der Waals surface area contributed by atoms with E-state index >= 15 is 0 Å². The zero-order valence-corrected chi connectivity index (χ0v) is 14.4. The van der Waals surface area contributed by atoms with E-state index in [4.69, 9.17) is 9.47 Å². The number of hydrogen-bond donors (Lipinski definition) is 2. The van der Waals surface area contributed by atoms with E-state index in [1.54, 1.807) is 32.2 Å². The van der Waals surface area contributed by atoms with Crippen molar-refractivity contribution in [3.63, 3.8) is 0 Å². The van der Waals surface area contributed by atoms with Crippen LogP contribution in [0.1, 0.15) is 24.8 Å². The average molecular weight is 335 g/mol. The van der Waals surface area contributed by atoms with Gasteiger partial charge in [0.2, 0.25) is 5.91 Å². The molecule has 1 aliphatic rings. The van der Waals surface area contributed by atoms with Gasteiger partial charge in [0.15, 0.2) is 11.5 Å². The summed E-state index contributed by atoms with van der Waals surface area (Å²) in [5.41, 5.74) is 0.913. The van der Waals surface area contributed by atoms with E-state index in [-0.39, 0.29) is 11.9 Å². The first-order valence-electron chi connectivity index (χ1n) is 8.05. The van der Waals surface area contributed by atoms with Crippen molar-refractivity contribution in [2.75, 3.05) is 27.8 Å². The molecule has 7 heteroatoms. The van der Waals surface area contributed by atoms with Crippen molar-refractivity contribution < 1.29 is 19.1 Å². The van der Waals surface area contributed by atoms with Gasteiger partial charge in [-0.3, -0.25) is 4.79 Å². The minimum atomic E-state index is -0.465. The molecule has 0 spiro atoms. The number of methoxy groups -OCH3 is 2. The molecule has 0 unspecified atom stereocenters. The third-order valence-corrected chi connectivity index (χ3v) is 4.05. The van der Waals surface area contributed by atoms with E-state index in [1.807, 2.05) is 12.1 Å². The molecule has 0 bridgehead atoms. The third kappa shape index (κ3) is 4.53. The number of urea groups is 1. The molecule has 24 heavy (non-hydrogen) atoms. The van der Waals surface area contributed by atoms with Crippen molar-refractivity contribution >= 4 is 11.9 Å². The van der Waals surface area contributed by atoms with Gasteiger partial charge in [0.1, 0.15) is 6.04 Å². The van der Waals surface area contributed by atoms with Crippen molar-refractivity contribution in [2.45, 2.75) is 31.8 Å². The summed E-state index contributed by atoms with van der Waals surface area (Å²) in [6.07, 6.45) is 2.53. The predicted molar refractivity (Wildman–Crippen MR) is 90.2 cm³/mol. The van der Waals surface area contributed by atoms with Crippen molar-refractivity contribution in [1.82, 2.24) is 15.5 Å². The van der Waals surface area contributed by atoms with Crippen LogP contribution in [0.4, 0.5) is 4.79 Å². The number of ether oxygens (including phenoxy) is 2. The zero-order valence-electron chi connectivity index (χ0n) is 14.4. The Morgan fingerprint density at radius 2 is 2.04 bits per heavy atom. The number of amides is 3. The molecule has 1 heterocycles. The molecule has 1 aliphatic heterocycles. The maximum absolute atomic E-state index is 12.3. The fourth-order valence-electron chi connectivity index (χ4n) is 2.66. The summed E-state index contributed by atoms with van der Waals surface area (Å²) < 4.78 is 10.5. The van der Waals surface area contributed by atoms with Crippen molar-refractivity contribution in [2.24, 2.45) is 0 Å². The van der Waals surface area contributed by atoms with Crippen LogP contribution in [0.25, 0.3) is 0 Å². The number of rotatable bonds is 5. The molecule has 132 valence electrons. The molecule has 3 amide bonds. The Kier molecular flexibility index (Phi) is 6.28. The molecule has 1 saturated heterocycles. The molecule has 1 aromatic rings. The molecule has 1 atom stereocenters. The highest BCUT2D eigenvalue weighted by Gasteiger charge is 2.23. The molecular formula is C17H25N3O4. The van der Waals surface area contributed by atoms with Crippen LogP contribution in [0.5, 0.6) is 11.5 Å². The van der Waals surface area contributed by atoms with E-state index in [0.29, 0.717) is 31.0 Å². The Balaban J connectivity index is 1.97. The molecule has 2 rings (SSSR count). The summed E-state index contributed by atoms with van der Waals surface area (Å²) in [4.78, 5) is 25.8. The second-order valence-corrected chi connectivity index (χ2v) is 5.83. The van der Waals surface area contributed by atoms with Gasteiger partial charge in [-0.2, -0.15) is 0 Å². The van der Waals surface area contributed by atoms with Gasteiger partial charge in [0, 0.05) is 20.1 Å². The van der Waals surface area contributed by atoms with Gasteiger partial charge in [-0.1, -0.05) is 6.07 Å². The maximum Gasteiger partial charge on any atom is 0.318 e. The van der Waals surface area contributed by atoms with Crippen molar-refractivity contribution in [3.05, 3.63) is 23.8 Å². The van der Waals surface area contributed by atoms with Crippen LogP contribution in [-0.2, 0) is 11.3 Å². The van der Waals surface area contributed by atoms with Crippen LogP contribution in [0, 0.1) is 0 Å². The van der Waals surface area contributed by atoms with Crippen molar-refractivity contribution in [3.8, 4) is 11.5 Å². The molecule has 0 aliphatic carbocycles. The molecule has 0 aromatic heterocycles. The first kappa shape index (κ1) is 17.9. The van der Waals surface area contributed by atoms with Gasteiger partial charge in [0.25, 0.3) is 0 Å². The minimum absolute atomic E-state index is 0.111. The van der Waals surface area contributed by atoms with Crippen LogP contribution >= 0.6 is 0 Å². The second-order valence-electron chi connectivity index (χ2n) is 5.83. The van der Waals surface area contributed by atoms with Crippen molar-refractivity contribution in [1.29, 1.82) is 0 Å². The Morgan fingerprint density at radius 3 is 2.75 bits per heavy atom. The van der Waals surface area contributed by atoms with Crippen LogP contribution in [0.15, 0.2) is 18.2 Å². The van der Waals surface area contributed by atoms with Gasteiger partial charge in [0.05, 0.1) is 14.2 Å². The summed E-state index contributed by atoms with van der Waals surface area (Å²) in [5, 5.41) is 5.61. The van der Waals surface area contributed by atoms with E-state index < -0.39 is 6.04 Å². The number of hydrogen-bond acceptors (Lipinski definition) is 4. The molecule has 0 saturated carbocycles. The Labute approximate surface area is 142 Å². The lowest BCUT2D eigenvalue weighted by atomic mass is 10.1. The number of nitrogens with zero attached hydrogens (tertiary/aromatic N) is 1. The van der Waals surface area contributed by atoms with Crippen LogP contribution < -0.4 is 20.1 Å². The van der Waals surface area contributed by atoms with Gasteiger partial charge in [-0.15, -0.1) is 0 Å². The molecule has 1 aromatic carbocycles. The molecule has 2 N–H and O–H groups in total. The lowest BCUT2D eigenvalue weighted by Crippen LogP contribution is -2.49. The van der Waals surface area contributed by atoms with Crippen LogP contribution in [0.2, 0.25) is 0 Å². The molecule has 7 nitrogen and oxygen atoms in total. The van der Waals surface area contributed by atoms with Gasteiger partial charge in [-0.25, -0.2) is 4.79 Å². The monoisotopic (exact) mass is 335 g/mol. The highest BCUT2D eigenvalue weighted by atomic mass is 16.5. The maximum atomic E-state index is 12.3. The quantitative estimate of drug-likeness (QED) is 0.855. The fourth-order valence-corrected chi connectivity index (χ4v) is 2.66. The SMILES string of the molecule is COc1ccc(CN(C)C(=O)N[C@H]2CCCCNC2=O)cc1OC. The van der Waals surface area contributed by atoms with Gasteiger partial charge >= 0.3 is 6.03 Å². The first-order valence-corrected chi connectivity index (χ1v) is 8.05. The Bertz CT molecular complexity index is 591. The fraction of sp³-hybridized carbons (Fsp3) is 0.529. The first-order chi connectivity index (χ1) is 11.5. The lowest BCUT2D eigenvalue weighted by molar-refractivity contribution is -0.122. The van der Waals surface area contributed by atoms with E-state index in [1.165, 1.54) is 0 Å². The van der Waals surface area contributed by atoms with Crippen LogP contribution in [-0.4, -0.2) is 50.7 Å². The Morgan fingerprint density at radius 1 is 1.29 bits per heavy atom. The van der Waals surface area contributed by atoms with E-state index in [2.05, 4.69) is 10.6 Å². The van der Waals surface area contributed by atoms with Gasteiger partial charge in [-0.05, 0) is 37.0 Å². The molecular weight excluding hydrogens is 310 g/mol. The molecule has 0 radical (unpaired) electrons. The van der Waals surface area contributed by atoms with Gasteiger partial charge < -0.3 is 25.0 Å². The Hall–Kier alpha value is -2.44. The second kappa shape index (κ2) is 8.42. The minimum Gasteiger partial charge on any atom is -0.493 e. The third-order valence-electron chi connectivity index (χ3n) is 4.05. The summed E-state index contributed by atoms with van der Waals surface area (Å²) >= 11 is 0. The summed E-state index contributed by atoms with van der Waals surface area (Å²) in [6.45, 7) is 1.08. The smallest absolute Gasteiger partial charge is 0.318 e. The number of benzene rings is 1. The lowest BCUT2D eigenvalue weighted by Gasteiger charge is -2.22. The van der Waals surface area contributed by atoms with E-state index in [9.17, 15) is 9.59 Å². The largest absolute Gasteiger partial charge is 0.493 e. The average Bonchev–Trinajstić information content (AvgIpc) is 2.79. The summed E-state index contributed by atoms with van der Waals surface area (Å²) in [6, 6.07) is 4.78. The molecule has 1 fully saturated rings. The highest BCUT2D eigenvalue weighted by Crippen LogP contribution is 2.27. The van der Waals surface area contributed by atoms with Crippen LogP contribution in [0.3, 0.4) is 0 Å².